The molecule has 1 rings (SSSR count). The van der Waals surface area contributed by atoms with E-state index in [1.165, 1.54) is 6.92 Å². The fraction of sp³-hybridized carbons (Fsp3) is 1.00. The Bertz CT molecular complexity index is 319. The maximum Gasteiger partial charge on any atom is 0.190 e. The van der Waals surface area contributed by atoms with Crippen molar-refractivity contribution in [3.05, 3.63) is 0 Å². The van der Waals surface area contributed by atoms with Crippen LogP contribution in [-0.4, -0.2) is 70.9 Å². The molecule has 6 nitrogen and oxygen atoms in total. The van der Waals surface area contributed by atoms with E-state index in [-0.39, 0.29) is 0 Å². The third kappa shape index (κ3) is 1.52. The van der Waals surface area contributed by atoms with E-state index in [4.69, 9.17) is 20.4 Å². The van der Waals surface area contributed by atoms with E-state index in [9.17, 15) is 25.5 Å². The Balaban J connectivity index is 3.43. The highest BCUT2D eigenvalue weighted by Gasteiger charge is 2.71. The summed E-state index contributed by atoms with van der Waals surface area (Å²) in [5.74, 6) is -8.33. The lowest BCUT2D eigenvalue weighted by atomic mass is 9.46. The highest BCUT2D eigenvalue weighted by molar-refractivity contribution is 6.18. The summed E-state index contributed by atoms with van der Waals surface area (Å²) < 4.78 is 4.72. The van der Waals surface area contributed by atoms with Gasteiger partial charge in [0.05, 0.1) is 11.0 Å². The predicted octanol–water partition coefficient (Wildman–Crippen LogP) is -3.00. The second-order valence-corrected chi connectivity index (χ2v) is 4.72. The second kappa shape index (κ2) is 3.69. The zero-order valence-electron chi connectivity index (χ0n) is 9.95. The van der Waals surface area contributed by atoms with Crippen molar-refractivity contribution < 1.29 is 30.3 Å². The first-order valence-electron chi connectivity index (χ1n) is 5.12. The Hall–Kier alpha value is -0.110. The Kier molecular flexibility index (Phi) is 3.25. The third-order valence-electron chi connectivity index (χ3n) is 3.99. The van der Waals surface area contributed by atoms with Gasteiger partial charge in [-0.05, 0) is 0 Å². The molecule has 4 radical (unpaired) electrons. The molecule has 0 saturated heterocycles. The minimum Gasteiger partial charge on any atom is -0.394 e. The Labute approximate surface area is 102 Å². The lowest BCUT2D eigenvalue weighted by Crippen LogP contribution is -2.82. The van der Waals surface area contributed by atoms with Gasteiger partial charge in [-0.3, -0.25) is 0 Å². The summed E-state index contributed by atoms with van der Waals surface area (Å²) in [4.78, 5) is 0. The smallest absolute Gasteiger partial charge is 0.190 e. The van der Waals surface area contributed by atoms with E-state index in [0.717, 1.165) is 14.0 Å². The number of ether oxygens (including phenoxy) is 1. The molecule has 0 aromatic rings. The van der Waals surface area contributed by atoms with Crippen molar-refractivity contribution in [1.29, 1.82) is 0 Å². The van der Waals surface area contributed by atoms with E-state index in [1.54, 1.807) is 0 Å². The van der Waals surface area contributed by atoms with Gasteiger partial charge in [-0.1, -0.05) is 13.8 Å². The van der Waals surface area contributed by atoms with Gasteiger partial charge in [0.15, 0.2) is 11.6 Å². The minimum absolute atomic E-state index is 1.05. The van der Waals surface area contributed by atoms with Gasteiger partial charge < -0.3 is 30.3 Å². The van der Waals surface area contributed by atoms with Gasteiger partial charge in [0.25, 0.3) is 0 Å². The van der Waals surface area contributed by atoms with Crippen LogP contribution in [0.15, 0.2) is 0 Å². The van der Waals surface area contributed by atoms with E-state index >= 15 is 0 Å². The monoisotopic (exact) mass is 242 g/mol. The number of hydrogen-bond acceptors (Lipinski definition) is 6. The summed E-state index contributed by atoms with van der Waals surface area (Å²) in [5.41, 5.74) is -5.11. The molecule has 17 heavy (non-hydrogen) atoms. The third-order valence-corrected chi connectivity index (χ3v) is 3.99. The quantitative estimate of drug-likeness (QED) is 0.247. The molecule has 1 fully saturated rings. The fourth-order valence-corrected chi connectivity index (χ4v) is 2.27. The van der Waals surface area contributed by atoms with E-state index < -0.39 is 34.4 Å². The maximum atomic E-state index is 10.2. The highest BCUT2D eigenvalue weighted by Crippen LogP contribution is 2.51. The molecule has 0 spiro atoms. The molecular weight excluding hydrogens is 226 g/mol. The largest absolute Gasteiger partial charge is 0.394 e. The molecule has 8 heteroatoms. The van der Waals surface area contributed by atoms with E-state index in [0.29, 0.717) is 0 Å². The van der Waals surface area contributed by atoms with Crippen LogP contribution in [-0.2, 0) is 4.74 Å². The number of rotatable bonds is 1. The molecule has 0 aliphatic heterocycles. The molecule has 0 aromatic heterocycles. The predicted molar refractivity (Wildman–Crippen MR) is 58.9 cm³/mol. The van der Waals surface area contributed by atoms with Crippen LogP contribution in [0.4, 0.5) is 0 Å². The second-order valence-electron chi connectivity index (χ2n) is 4.72. The van der Waals surface area contributed by atoms with Crippen LogP contribution in [0.1, 0.15) is 13.8 Å². The van der Waals surface area contributed by atoms with Gasteiger partial charge >= 0.3 is 0 Å². The molecule has 5 N–H and O–H groups in total. The molecule has 5 unspecified atom stereocenters. The van der Waals surface area contributed by atoms with Crippen molar-refractivity contribution in [3.63, 3.8) is 0 Å². The molecule has 1 aliphatic rings. The Morgan fingerprint density at radius 3 is 1.65 bits per heavy atom. The molecular formula is C9H16B2O6. The maximum absolute atomic E-state index is 10.2. The van der Waals surface area contributed by atoms with Crippen LogP contribution in [0.5, 0.6) is 0 Å². The zero-order valence-corrected chi connectivity index (χ0v) is 9.95. The standard InChI is InChI=1S/C9H16B2O6/c1-4-7(11,13)9(16,17-3)5(2)6(10,12)8(4,14)15/h4-5,12-16H,1-3H3. The molecule has 0 bridgehead atoms. The van der Waals surface area contributed by atoms with Crippen molar-refractivity contribution in [3.8, 4) is 0 Å². The first-order chi connectivity index (χ1) is 7.37. The molecule has 1 saturated carbocycles. The summed E-state index contributed by atoms with van der Waals surface area (Å²) in [6, 6.07) is 0. The summed E-state index contributed by atoms with van der Waals surface area (Å²) in [7, 11) is 12.0. The van der Waals surface area contributed by atoms with Gasteiger partial charge in [-0.25, -0.2) is 0 Å². The average Bonchev–Trinajstić information content (AvgIpc) is 2.23. The van der Waals surface area contributed by atoms with Crippen LogP contribution in [0.2, 0.25) is 0 Å². The fourth-order valence-electron chi connectivity index (χ4n) is 2.27. The number of hydrogen-bond donors (Lipinski definition) is 5. The SMILES string of the molecule is [B]C1(O)C(C)C(O)(OC)C([B])(O)C(C)C1(O)O. The van der Waals surface area contributed by atoms with Crippen molar-refractivity contribution in [2.75, 3.05) is 7.11 Å². The van der Waals surface area contributed by atoms with E-state index in [2.05, 4.69) is 0 Å². The van der Waals surface area contributed by atoms with Gasteiger partial charge in [-0.15, -0.1) is 0 Å². The summed E-state index contributed by atoms with van der Waals surface area (Å²) in [6.45, 7) is 2.29. The first-order valence-corrected chi connectivity index (χ1v) is 5.12. The lowest BCUT2D eigenvalue weighted by molar-refractivity contribution is -0.411. The average molecular weight is 242 g/mol. The lowest BCUT2D eigenvalue weighted by Gasteiger charge is -2.62. The Morgan fingerprint density at radius 1 is 0.882 bits per heavy atom. The summed E-state index contributed by atoms with van der Waals surface area (Å²) in [6.07, 6.45) is 0. The molecule has 5 atom stereocenters. The van der Waals surface area contributed by atoms with Gasteiger partial charge in [0, 0.05) is 18.9 Å². The molecule has 0 amide bonds. The summed E-state index contributed by atoms with van der Waals surface area (Å²) in [5, 5.41) is 49.6. The van der Waals surface area contributed by atoms with Crippen LogP contribution in [0.25, 0.3) is 0 Å². The van der Waals surface area contributed by atoms with Crippen LogP contribution >= 0.6 is 0 Å². The topological polar surface area (TPSA) is 110 Å². The normalized spacial score (nSPS) is 54.6. The molecule has 94 valence electrons. The molecule has 1 aliphatic carbocycles. The molecule has 0 heterocycles. The summed E-state index contributed by atoms with van der Waals surface area (Å²) >= 11 is 0. The van der Waals surface area contributed by atoms with Crippen LogP contribution in [0, 0.1) is 11.8 Å². The Morgan fingerprint density at radius 2 is 1.29 bits per heavy atom. The zero-order chi connectivity index (χ0) is 13.9. The minimum atomic E-state index is -2.89. The van der Waals surface area contributed by atoms with Crippen molar-refractivity contribution >= 4 is 15.7 Å². The van der Waals surface area contributed by atoms with Crippen LogP contribution < -0.4 is 0 Å². The number of methoxy groups -OCH3 is 1. The van der Waals surface area contributed by atoms with Gasteiger partial charge in [-0.2, -0.15) is 0 Å². The van der Waals surface area contributed by atoms with E-state index in [1.807, 2.05) is 0 Å². The van der Waals surface area contributed by atoms with Gasteiger partial charge in [0.1, 0.15) is 15.7 Å². The van der Waals surface area contributed by atoms with Gasteiger partial charge in [0.2, 0.25) is 0 Å². The molecule has 0 aromatic carbocycles. The van der Waals surface area contributed by atoms with Crippen molar-refractivity contribution in [1.82, 2.24) is 0 Å². The first kappa shape index (κ1) is 14.9. The van der Waals surface area contributed by atoms with Crippen molar-refractivity contribution in [2.45, 2.75) is 36.4 Å². The highest BCUT2D eigenvalue weighted by atomic mass is 16.6. The van der Waals surface area contributed by atoms with Crippen molar-refractivity contribution in [2.24, 2.45) is 11.8 Å². The van der Waals surface area contributed by atoms with Crippen LogP contribution in [0.3, 0.4) is 0 Å². The number of aliphatic hydroxyl groups is 5.